The molecule has 7 nitrogen and oxygen atoms in total. The van der Waals surface area contributed by atoms with Crippen molar-refractivity contribution in [1.29, 1.82) is 0 Å². The topological polar surface area (TPSA) is 94.5 Å². The zero-order valence-electron chi connectivity index (χ0n) is 10.8. The molecule has 1 aliphatic rings. The molecule has 19 heavy (non-hydrogen) atoms. The Balaban J connectivity index is 2.13. The van der Waals surface area contributed by atoms with Crippen molar-refractivity contribution < 1.29 is 19.1 Å². The van der Waals surface area contributed by atoms with Crippen LogP contribution >= 0.6 is 0 Å². The Kier molecular flexibility index (Phi) is 3.66. The molecule has 1 aromatic rings. The molecule has 1 amide bonds. The minimum absolute atomic E-state index is 0.181. The van der Waals surface area contributed by atoms with Crippen LogP contribution in [0.3, 0.4) is 0 Å². The van der Waals surface area contributed by atoms with E-state index < -0.39 is 5.97 Å². The molecule has 0 saturated carbocycles. The maximum atomic E-state index is 11.4. The minimum atomic E-state index is -0.522. The van der Waals surface area contributed by atoms with E-state index in [2.05, 4.69) is 9.72 Å². The first-order valence-corrected chi connectivity index (χ1v) is 5.72. The lowest BCUT2D eigenvalue weighted by atomic mass is 10.2. The molecular formula is C12H15N3O4. The van der Waals surface area contributed by atoms with Gasteiger partial charge in [0.2, 0.25) is 11.8 Å². The van der Waals surface area contributed by atoms with Crippen molar-refractivity contribution in [2.24, 2.45) is 5.73 Å². The first-order chi connectivity index (χ1) is 9.06. The summed E-state index contributed by atoms with van der Waals surface area (Å²) in [5, 5.41) is 0. The van der Waals surface area contributed by atoms with Crippen LogP contribution in [-0.4, -0.2) is 48.6 Å². The van der Waals surface area contributed by atoms with E-state index in [9.17, 15) is 9.59 Å². The fraction of sp³-hybridized carbons (Fsp3) is 0.417. The number of nitrogens with zero attached hydrogens (tertiary/aromatic N) is 2. The molecule has 2 unspecified atom stereocenters. The van der Waals surface area contributed by atoms with Gasteiger partial charge in [-0.15, -0.1) is 0 Å². The number of carbonyl (C=O) groups is 2. The van der Waals surface area contributed by atoms with Crippen LogP contribution in [0.5, 0.6) is 5.88 Å². The lowest BCUT2D eigenvalue weighted by Crippen LogP contribution is -2.21. The van der Waals surface area contributed by atoms with Crippen molar-refractivity contribution in [3.8, 4) is 5.88 Å². The zero-order valence-corrected chi connectivity index (χ0v) is 10.8. The molecule has 1 aliphatic heterocycles. The number of ether oxygens (including phenoxy) is 2. The molecule has 102 valence electrons. The van der Waals surface area contributed by atoms with Crippen LogP contribution in [0.25, 0.3) is 0 Å². The van der Waals surface area contributed by atoms with E-state index in [4.69, 9.17) is 10.5 Å². The highest BCUT2D eigenvalue weighted by atomic mass is 16.5. The third-order valence-corrected chi connectivity index (χ3v) is 2.94. The van der Waals surface area contributed by atoms with E-state index in [1.54, 1.807) is 12.1 Å². The summed E-state index contributed by atoms with van der Waals surface area (Å²) in [7, 11) is 2.76. The average Bonchev–Trinajstić information content (AvgIpc) is 3.17. The molecule has 1 fully saturated rings. The maximum absolute atomic E-state index is 11.4. The van der Waals surface area contributed by atoms with Gasteiger partial charge < -0.3 is 15.2 Å². The smallest absolute Gasteiger partial charge is 0.356 e. The van der Waals surface area contributed by atoms with E-state index in [1.807, 2.05) is 4.90 Å². The fourth-order valence-electron chi connectivity index (χ4n) is 1.82. The van der Waals surface area contributed by atoms with E-state index in [1.165, 1.54) is 14.2 Å². The average molecular weight is 265 g/mol. The largest absolute Gasteiger partial charge is 0.481 e. The highest BCUT2D eigenvalue weighted by Crippen LogP contribution is 2.25. The third kappa shape index (κ3) is 2.82. The zero-order chi connectivity index (χ0) is 14.0. The summed E-state index contributed by atoms with van der Waals surface area (Å²) >= 11 is 0. The minimum Gasteiger partial charge on any atom is -0.481 e. The van der Waals surface area contributed by atoms with Gasteiger partial charge >= 0.3 is 5.97 Å². The second-order valence-corrected chi connectivity index (χ2v) is 4.20. The van der Waals surface area contributed by atoms with Gasteiger partial charge in [-0.25, -0.2) is 9.78 Å². The van der Waals surface area contributed by atoms with Gasteiger partial charge in [0, 0.05) is 18.7 Å². The van der Waals surface area contributed by atoms with Crippen molar-refractivity contribution in [1.82, 2.24) is 9.88 Å². The number of carbonyl (C=O) groups excluding carboxylic acids is 2. The van der Waals surface area contributed by atoms with Gasteiger partial charge in [-0.3, -0.25) is 9.69 Å². The predicted molar refractivity (Wildman–Crippen MR) is 65.5 cm³/mol. The fourth-order valence-corrected chi connectivity index (χ4v) is 1.82. The summed E-state index contributed by atoms with van der Waals surface area (Å²) in [5.41, 5.74) is 6.18. The standard InChI is InChI=1S/C12H15N3O4/c1-18-11-7(5-15-6-9(15)10(13)16)3-4-8(14-11)12(17)19-2/h3-4,9H,5-6H2,1-2H3,(H2,13,16). The number of primary amides is 1. The summed E-state index contributed by atoms with van der Waals surface area (Å²) in [5.74, 6) is -0.511. The molecular weight excluding hydrogens is 250 g/mol. The lowest BCUT2D eigenvalue weighted by molar-refractivity contribution is -0.118. The first-order valence-electron chi connectivity index (χ1n) is 5.72. The Morgan fingerprint density at radius 1 is 1.47 bits per heavy atom. The highest BCUT2D eigenvalue weighted by Gasteiger charge is 2.39. The van der Waals surface area contributed by atoms with Gasteiger partial charge in [0.1, 0.15) is 6.04 Å². The van der Waals surface area contributed by atoms with Crippen molar-refractivity contribution in [2.45, 2.75) is 12.6 Å². The van der Waals surface area contributed by atoms with Crippen LogP contribution in [0, 0.1) is 0 Å². The van der Waals surface area contributed by atoms with Crippen LogP contribution in [0.2, 0.25) is 0 Å². The molecule has 0 spiro atoms. The van der Waals surface area contributed by atoms with Crippen LogP contribution in [-0.2, 0) is 16.1 Å². The SMILES string of the molecule is COC(=O)c1ccc(CN2CC2C(N)=O)c(OC)n1. The van der Waals surface area contributed by atoms with Crippen molar-refractivity contribution in [3.63, 3.8) is 0 Å². The van der Waals surface area contributed by atoms with Crippen LogP contribution in [0.4, 0.5) is 0 Å². The molecule has 2 heterocycles. The number of methoxy groups -OCH3 is 2. The van der Waals surface area contributed by atoms with Gasteiger partial charge in [0.15, 0.2) is 5.69 Å². The summed E-state index contributed by atoms with van der Waals surface area (Å²) in [6.07, 6.45) is 0. The van der Waals surface area contributed by atoms with Crippen molar-refractivity contribution in [3.05, 3.63) is 23.4 Å². The van der Waals surface area contributed by atoms with Gasteiger partial charge in [-0.2, -0.15) is 0 Å². The van der Waals surface area contributed by atoms with E-state index in [0.717, 1.165) is 5.56 Å². The van der Waals surface area contributed by atoms with E-state index in [0.29, 0.717) is 19.0 Å². The molecule has 0 radical (unpaired) electrons. The van der Waals surface area contributed by atoms with Gasteiger partial charge in [0.05, 0.1) is 14.2 Å². The Bertz CT molecular complexity index is 518. The number of hydrogen-bond acceptors (Lipinski definition) is 6. The number of rotatable bonds is 5. The van der Waals surface area contributed by atoms with Gasteiger partial charge in [-0.1, -0.05) is 0 Å². The van der Waals surface area contributed by atoms with Crippen LogP contribution < -0.4 is 10.5 Å². The Morgan fingerprint density at radius 2 is 2.21 bits per heavy atom. The van der Waals surface area contributed by atoms with Crippen LogP contribution in [0.15, 0.2) is 12.1 Å². The number of hydrogen-bond donors (Lipinski definition) is 1. The molecule has 2 atom stereocenters. The molecule has 1 aromatic heterocycles. The summed E-state index contributed by atoms with van der Waals surface area (Å²) < 4.78 is 9.73. The van der Waals surface area contributed by atoms with Gasteiger partial charge in [0.25, 0.3) is 0 Å². The second-order valence-electron chi connectivity index (χ2n) is 4.20. The van der Waals surface area contributed by atoms with E-state index in [-0.39, 0.29) is 17.6 Å². The summed E-state index contributed by atoms with van der Waals surface area (Å²) in [6, 6.07) is 3.07. The summed E-state index contributed by atoms with van der Waals surface area (Å²) in [6.45, 7) is 1.14. The number of pyridine rings is 1. The Labute approximate surface area is 110 Å². The first kappa shape index (κ1) is 13.3. The predicted octanol–water partition coefficient (Wildman–Crippen LogP) is -0.454. The second kappa shape index (κ2) is 5.23. The molecule has 7 heteroatoms. The quantitative estimate of drug-likeness (QED) is 0.572. The highest BCUT2D eigenvalue weighted by molar-refractivity contribution is 5.87. The Morgan fingerprint density at radius 3 is 2.74 bits per heavy atom. The maximum Gasteiger partial charge on any atom is 0.356 e. The lowest BCUT2D eigenvalue weighted by Gasteiger charge is -2.09. The third-order valence-electron chi connectivity index (χ3n) is 2.94. The Hall–Kier alpha value is -2.15. The molecule has 2 N–H and O–H groups in total. The molecule has 0 bridgehead atoms. The monoisotopic (exact) mass is 265 g/mol. The number of aromatic nitrogens is 1. The van der Waals surface area contributed by atoms with Gasteiger partial charge in [-0.05, 0) is 12.1 Å². The number of nitrogens with two attached hydrogens (primary N) is 1. The molecule has 1 saturated heterocycles. The van der Waals surface area contributed by atoms with E-state index >= 15 is 0 Å². The summed E-state index contributed by atoms with van der Waals surface area (Å²) in [4.78, 5) is 28.3. The molecule has 2 rings (SSSR count). The van der Waals surface area contributed by atoms with Crippen molar-refractivity contribution >= 4 is 11.9 Å². The number of amides is 1. The van der Waals surface area contributed by atoms with Crippen molar-refractivity contribution in [2.75, 3.05) is 20.8 Å². The number of esters is 1. The molecule has 0 aliphatic carbocycles. The van der Waals surface area contributed by atoms with Crippen LogP contribution in [0.1, 0.15) is 16.1 Å². The normalized spacial score (nSPS) is 20.7. The molecule has 0 aromatic carbocycles.